The molecule has 1 amide bonds. The first kappa shape index (κ1) is 21.3. The number of ether oxygens (including phenoxy) is 2. The van der Waals surface area contributed by atoms with Crippen LogP contribution in [-0.4, -0.2) is 19.6 Å². The summed E-state index contributed by atoms with van der Waals surface area (Å²) in [5, 5.41) is 3.05. The lowest BCUT2D eigenvalue weighted by molar-refractivity contribution is -0.121. The second kappa shape index (κ2) is 10.4. The SMILES string of the molecule is COc1ccccc1CCC(=O)NC(c1ccccc1)c1ccc(OC(F)F)cc1. The first-order valence-electron chi connectivity index (χ1n) is 9.58. The molecular formula is C24H23F2NO3. The molecule has 0 bridgehead atoms. The molecule has 0 aromatic heterocycles. The van der Waals surface area contributed by atoms with Crippen LogP contribution in [0.1, 0.15) is 29.2 Å². The minimum atomic E-state index is -2.88. The van der Waals surface area contributed by atoms with Crippen LogP contribution in [0.2, 0.25) is 0 Å². The molecule has 0 saturated heterocycles. The van der Waals surface area contributed by atoms with Crippen molar-refractivity contribution in [1.29, 1.82) is 0 Å². The molecular weight excluding hydrogens is 388 g/mol. The van der Waals surface area contributed by atoms with Crippen molar-refractivity contribution in [3.05, 3.63) is 95.6 Å². The number of amides is 1. The van der Waals surface area contributed by atoms with Gasteiger partial charge in [-0.15, -0.1) is 0 Å². The van der Waals surface area contributed by atoms with E-state index in [0.717, 1.165) is 22.4 Å². The third-order valence-corrected chi connectivity index (χ3v) is 4.69. The molecule has 1 unspecified atom stereocenters. The maximum absolute atomic E-state index is 12.7. The fourth-order valence-electron chi connectivity index (χ4n) is 3.24. The van der Waals surface area contributed by atoms with Crippen LogP contribution in [-0.2, 0) is 11.2 Å². The predicted octanol–water partition coefficient (Wildman–Crippen LogP) is 5.14. The van der Waals surface area contributed by atoms with Gasteiger partial charge in [-0.05, 0) is 41.3 Å². The third-order valence-electron chi connectivity index (χ3n) is 4.69. The molecule has 3 rings (SSSR count). The third kappa shape index (κ3) is 5.80. The smallest absolute Gasteiger partial charge is 0.387 e. The number of halogens is 2. The highest BCUT2D eigenvalue weighted by atomic mass is 19.3. The highest BCUT2D eigenvalue weighted by Crippen LogP contribution is 2.25. The van der Waals surface area contributed by atoms with E-state index in [1.807, 2.05) is 54.6 Å². The van der Waals surface area contributed by atoms with Crippen LogP contribution >= 0.6 is 0 Å². The molecule has 1 atom stereocenters. The molecule has 3 aromatic rings. The summed E-state index contributed by atoms with van der Waals surface area (Å²) in [6.07, 6.45) is 0.828. The van der Waals surface area contributed by atoms with Crippen molar-refractivity contribution in [3.63, 3.8) is 0 Å². The van der Waals surface area contributed by atoms with Gasteiger partial charge in [-0.25, -0.2) is 0 Å². The van der Waals surface area contributed by atoms with Gasteiger partial charge in [-0.2, -0.15) is 8.78 Å². The Morgan fingerprint density at radius 1 is 0.900 bits per heavy atom. The van der Waals surface area contributed by atoms with Crippen LogP contribution in [0.3, 0.4) is 0 Å². The molecule has 1 N–H and O–H groups in total. The van der Waals surface area contributed by atoms with Crippen molar-refractivity contribution in [2.24, 2.45) is 0 Å². The Labute approximate surface area is 174 Å². The van der Waals surface area contributed by atoms with Crippen LogP contribution in [0.4, 0.5) is 8.78 Å². The number of carbonyl (C=O) groups is 1. The first-order chi connectivity index (χ1) is 14.6. The lowest BCUT2D eigenvalue weighted by atomic mass is 9.98. The van der Waals surface area contributed by atoms with Crippen molar-refractivity contribution in [3.8, 4) is 11.5 Å². The molecule has 0 aliphatic heterocycles. The average molecular weight is 411 g/mol. The summed E-state index contributed by atoms with van der Waals surface area (Å²) in [6.45, 7) is -2.88. The largest absolute Gasteiger partial charge is 0.496 e. The van der Waals surface area contributed by atoms with Gasteiger partial charge in [0.25, 0.3) is 0 Å². The maximum atomic E-state index is 12.7. The standard InChI is InChI=1S/C24H23F2NO3/c1-29-21-10-6-5-7-17(21)13-16-22(28)27-23(18-8-3-2-4-9-18)19-11-14-20(15-12-19)30-24(25)26/h2-12,14-15,23-24H,13,16H2,1H3,(H,27,28). The number of benzene rings is 3. The molecule has 0 saturated carbocycles. The van der Waals surface area contributed by atoms with Gasteiger partial charge in [0.05, 0.1) is 13.2 Å². The summed E-state index contributed by atoms with van der Waals surface area (Å²) in [5.74, 6) is 0.699. The van der Waals surface area contributed by atoms with E-state index in [1.165, 1.54) is 12.1 Å². The number of carbonyl (C=O) groups excluding carboxylic acids is 1. The predicted molar refractivity (Wildman–Crippen MR) is 111 cm³/mol. The highest BCUT2D eigenvalue weighted by molar-refractivity contribution is 5.77. The minimum absolute atomic E-state index is 0.0723. The number of para-hydroxylation sites is 1. The lowest BCUT2D eigenvalue weighted by Gasteiger charge is -2.20. The molecule has 0 aliphatic carbocycles. The van der Waals surface area contributed by atoms with E-state index in [4.69, 9.17) is 4.74 Å². The molecule has 6 heteroatoms. The summed E-state index contributed by atoms with van der Waals surface area (Å²) in [4.78, 5) is 12.7. The quantitative estimate of drug-likeness (QED) is 0.531. The number of nitrogens with one attached hydrogen (secondary N) is 1. The summed E-state index contributed by atoms with van der Waals surface area (Å²) >= 11 is 0. The fraction of sp³-hybridized carbons (Fsp3) is 0.208. The Morgan fingerprint density at radius 2 is 1.53 bits per heavy atom. The Bertz CT molecular complexity index is 946. The number of alkyl halides is 2. The van der Waals surface area contributed by atoms with Crippen LogP contribution in [0.25, 0.3) is 0 Å². The lowest BCUT2D eigenvalue weighted by Crippen LogP contribution is -2.29. The highest BCUT2D eigenvalue weighted by Gasteiger charge is 2.17. The van der Waals surface area contributed by atoms with Crippen molar-refractivity contribution in [2.75, 3.05) is 7.11 Å². The van der Waals surface area contributed by atoms with Crippen LogP contribution in [0.15, 0.2) is 78.9 Å². The summed E-state index contributed by atoms with van der Waals surface area (Å²) < 4.78 is 34.6. The monoisotopic (exact) mass is 411 g/mol. The van der Waals surface area contributed by atoms with Gasteiger partial charge in [0.15, 0.2) is 0 Å². The van der Waals surface area contributed by atoms with Crippen molar-refractivity contribution < 1.29 is 23.0 Å². The molecule has 0 fully saturated rings. The molecule has 4 nitrogen and oxygen atoms in total. The average Bonchev–Trinajstić information content (AvgIpc) is 2.77. The fourth-order valence-corrected chi connectivity index (χ4v) is 3.24. The van der Waals surface area contributed by atoms with Crippen molar-refractivity contribution in [1.82, 2.24) is 5.32 Å². The van der Waals surface area contributed by atoms with Crippen LogP contribution in [0.5, 0.6) is 11.5 Å². The summed E-state index contributed by atoms with van der Waals surface area (Å²) in [5.41, 5.74) is 2.62. The molecule has 30 heavy (non-hydrogen) atoms. The number of methoxy groups -OCH3 is 1. The van der Waals surface area contributed by atoms with Gasteiger partial charge in [-0.3, -0.25) is 4.79 Å². The summed E-state index contributed by atoms with van der Waals surface area (Å²) in [6, 6.07) is 23.0. The molecule has 0 heterocycles. The van der Waals surface area contributed by atoms with E-state index in [-0.39, 0.29) is 18.1 Å². The van der Waals surface area contributed by atoms with Crippen LogP contribution < -0.4 is 14.8 Å². The zero-order valence-corrected chi connectivity index (χ0v) is 16.6. The van der Waals surface area contributed by atoms with Gasteiger partial charge in [0.1, 0.15) is 11.5 Å². The van der Waals surface area contributed by atoms with E-state index < -0.39 is 12.7 Å². The number of rotatable bonds is 9. The zero-order valence-electron chi connectivity index (χ0n) is 16.6. The Kier molecular flexibility index (Phi) is 7.38. The van der Waals surface area contributed by atoms with Crippen molar-refractivity contribution >= 4 is 5.91 Å². The van der Waals surface area contributed by atoms with E-state index in [0.29, 0.717) is 6.42 Å². The molecule has 156 valence electrons. The van der Waals surface area contributed by atoms with E-state index in [1.54, 1.807) is 19.2 Å². The molecule has 0 aliphatic rings. The number of hydrogen-bond acceptors (Lipinski definition) is 3. The minimum Gasteiger partial charge on any atom is -0.496 e. The first-order valence-corrected chi connectivity index (χ1v) is 9.58. The molecule has 0 spiro atoms. The molecule has 3 aromatic carbocycles. The second-order valence-corrected chi connectivity index (χ2v) is 6.67. The topological polar surface area (TPSA) is 47.6 Å². The molecule has 0 radical (unpaired) electrons. The van der Waals surface area contributed by atoms with Gasteiger partial charge < -0.3 is 14.8 Å². The maximum Gasteiger partial charge on any atom is 0.387 e. The van der Waals surface area contributed by atoms with Gasteiger partial charge >= 0.3 is 6.61 Å². The van der Waals surface area contributed by atoms with Crippen molar-refractivity contribution in [2.45, 2.75) is 25.5 Å². The Morgan fingerprint density at radius 3 is 2.20 bits per heavy atom. The van der Waals surface area contributed by atoms with Gasteiger partial charge in [-0.1, -0.05) is 60.7 Å². The van der Waals surface area contributed by atoms with E-state index in [2.05, 4.69) is 10.1 Å². The number of aryl methyl sites for hydroxylation is 1. The number of hydrogen-bond donors (Lipinski definition) is 1. The van der Waals surface area contributed by atoms with E-state index >= 15 is 0 Å². The van der Waals surface area contributed by atoms with Crippen LogP contribution in [0, 0.1) is 0 Å². The van der Waals surface area contributed by atoms with Gasteiger partial charge in [0.2, 0.25) is 5.91 Å². The van der Waals surface area contributed by atoms with Gasteiger partial charge in [0, 0.05) is 6.42 Å². The normalized spacial score (nSPS) is 11.7. The Balaban J connectivity index is 1.74. The Hall–Kier alpha value is -3.41. The zero-order chi connectivity index (χ0) is 21.3. The second-order valence-electron chi connectivity index (χ2n) is 6.67. The van der Waals surface area contributed by atoms with E-state index in [9.17, 15) is 13.6 Å². The summed E-state index contributed by atoms with van der Waals surface area (Å²) in [7, 11) is 1.60.